The Balaban J connectivity index is 1.68. The molecule has 2 aromatic rings. The van der Waals surface area contributed by atoms with Crippen LogP contribution in [-0.2, 0) is 20.5 Å². The van der Waals surface area contributed by atoms with Crippen molar-refractivity contribution in [1.29, 1.82) is 0 Å². The van der Waals surface area contributed by atoms with Crippen LogP contribution in [0.15, 0.2) is 41.4 Å². The van der Waals surface area contributed by atoms with E-state index in [1.165, 1.54) is 20.3 Å². The lowest BCUT2D eigenvalue weighted by Gasteiger charge is -2.36. The lowest BCUT2D eigenvalue weighted by atomic mass is 10.1. The number of benzene rings is 2. The van der Waals surface area contributed by atoms with Crippen LogP contribution >= 0.6 is 0 Å². The van der Waals surface area contributed by atoms with Crippen molar-refractivity contribution in [2.24, 2.45) is 4.99 Å². The van der Waals surface area contributed by atoms with Gasteiger partial charge in [0.15, 0.2) is 5.75 Å². The Labute approximate surface area is 193 Å². The normalized spacial score (nSPS) is 15.4. The molecule has 4 rings (SSSR count). The van der Waals surface area contributed by atoms with Gasteiger partial charge >= 0.3 is 12.1 Å². The standard InChI is InChI=1S/C23H22F3N3O5/c1-32-15-4-6-18-16(12-15)22(27-17-11-14(23(24,25)26)3-5-19(17)34-18)29-9-7-28(8-10-29)20(30)13-21(31)33-2/h3-6,11-12H,7-10,13H2,1-2H3. The molecule has 0 N–H and O–H groups in total. The minimum Gasteiger partial charge on any atom is -0.497 e. The molecule has 34 heavy (non-hydrogen) atoms. The van der Waals surface area contributed by atoms with E-state index in [1.54, 1.807) is 23.1 Å². The van der Waals surface area contributed by atoms with Crippen molar-refractivity contribution < 1.29 is 37.0 Å². The first-order chi connectivity index (χ1) is 16.2. The van der Waals surface area contributed by atoms with Crippen molar-refractivity contribution in [3.63, 3.8) is 0 Å². The molecule has 1 saturated heterocycles. The van der Waals surface area contributed by atoms with Gasteiger partial charge in [0, 0.05) is 26.2 Å². The van der Waals surface area contributed by atoms with Crippen molar-refractivity contribution in [3.05, 3.63) is 47.5 Å². The van der Waals surface area contributed by atoms with Crippen molar-refractivity contribution in [3.8, 4) is 17.2 Å². The molecule has 0 bridgehead atoms. The highest BCUT2D eigenvalue weighted by molar-refractivity contribution is 6.04. The molecule has 0 aromatic heterocycles. The Hall–Kier alpha value is -3.76. The molecule has 2 aliphatic rings. The van der Waals surface area contributed by atoms with Gasteiger partial charge in [0.05, 0.1) is 25.3 Å². The Bertz CT molecular complexity index is 1140. The van der Waals surface area contributed by atoms with Gasteiger partial charge in [0.25, 0.3) is 0 Å². The zero-order valence-electron chi connectivity index (χ0n) is 18.5. The van der Waals surface area contributed by atoms with Gasteiger partial charge in [-0.25, -0.2) is 4.99 Å². The molecule has 1 fully saturated rings. The Kier molecular flexibility index (Phi) is 6.36. The second kappa shape index (κ2) is 9.24. The number of carbonyl (C=O) groups excluding carboxylic acids is 2. The number of piperazine rings is 1. The van der Waals surface area contributed by atoms with Crippen molar-refractivity contribution in [2.45, 2.75) is 12.6 Å². The second-order valence-corrected chi connectivity index (χ2v) is 7.70. The minimum absolute atomic E-state index is 0.0455. The summed E-state index contributed by atoms with van der Waals surface area (Å²) in [5.41, 5.74) is -0.234. The Morgan fingerprint density at radius 3 is 2.38 bits per heavy atom. The molecule has 2 heterocycles. The number of hydrogen-bond donors (Lipinski definition) is 0. The first-order valence-electron chi connectivity index (χ1n) is 10.5. The molecule has 8 nitrogen and oxygen atoms in total. The van der Waals surface area contributed by atoms with E-state index >= 15 is 0 Å². The van der Waals surface area contributed by atoms with E-state index < -0.39 is 17.7 Å². The number of hydrogen-bond acceptors (Lipinski definition) is 7. The van der Waals surface area contributed by atoms with E-state index in [1.807, 2.05) is 4.90 Å². The fraction of sp³-hybridized carbons (Fsp3) is 0.348. The van der Waals surface area contributed by atoms with Gasteiger partial charge in [0.2, 0.25) is 5.91 Å². The molecule has 180 valence electrons. The largest absolute Gasteiger partial charge is 0.497 e. The van der Waals surface area contributed by atoms with Crippen LogP contribution in [0.25, 0.3) is 0 Å². The molecule has 0 spiro atoms. The van der Waals surface area contributed by atoms with Gasteiger partial charge in [-0.3, -0.25) is 9.59 Å². The van der Waals surface area contributed by atoms with E-state index in [9.17, 15) is 22.8 Å². The predicted molar refractivity (Wildman–Crippen MR) is 115 cm³/mol. The van der Waals surface area contributed by atoms with Gasteiger partial charge in [-0.05, 0) is 36.4 Å². The number of amides is 1. The van der Waals surface area contributed by atoms with Crippen LogP contribution in [0.4, 0.5) is 18.9 Å². The number of nitrogens with zero attached hydrogens (tertiary/aromatic N) is 3. The number of esters is 1. The zero-order valence-corrected chi connectivity index (χ0v) is 18.5. The highest BCUT2D eigenvalue weighted by Gasteiger charge is 2.33. The third kappa shape index (κ3) is 4.78. The molecule has 11 heteroatoms. The molecular formula is C23H22F3N3O5. The van der Waals surface area contributed by atoms with Crippen molar-refractivity contribution in [1.82, 2.24) is 9.80 Å². The third-order valence-electron chi connectivity index (χ3n) is 5.62. The first kappa shape index (κ1) is 23.4. The van der Waals surface area contributed by atoms with E-state index in [4.69, 9.17) is 9.47 Å². The van der Waals surface area contributed by atoms with Crippen LogP contribution in [0, 0.1) is 0 Å². The average Bonchev–Trinajstić information content (AvgIpc) is 2.99. The van der Waals surface area contributed by atoms with Gasteiger partial charge in [-0.2, -0.15) is 13.2 Å². The topological polar surface area (TPSA) is 80.7 Å². The van der Waals surface area contributed by atoms with Crippen molar-refractivity contribution in [2.75, 3.05) is 40.4 Å². The smallest absolute Gasteiger partial charge is 0.416 e. The summed E-state index contributed by atoms with van der Waals surface area (Å²) in [6, 6.07) is 8.23. The van der Waals surface area contributed by atoms with E-state index in [0.29, 0.717) is 49.1 Å². The number of carbonyl (C=O) groups is 2. The summed E-state index contributed by atoms with van der Waals surface area (Å²) >= 11 is 0. The Morgan fingerprint density at radius 1 is 1.03 bits per heavy atom. The molecule has 0 radical (unpaired) electrons. The summed E-state index contributed by atoms with van der Waals surface area (Å²) in [5.74, 6) is 0.593. The summed E-state index contributed by atoms with van der Waals surface area (Å²) in [7, 11) is 2.72. The molecule has 1 amide bonds. The van der Waals surface area contributed by atoms with Gasteiger partial charge in [-0.15, -0.1) is 0 Å². The average molecular weight is 477 g/mol. The van der Waals surface area contributed by atoms with Crippen LogP contribution in [0.3, 0.4) is 0 Å². The van der Waals surface area contributed by atoms with E-state index in [2.05, 4.69) is 9.73 Å². The number of fused-ring (bicyclic) bond motifs is 2. The predicted octanol–water partition coefficient (Wildman–Crippen LogP) is 3.61. The summed E-state index contributed by atoms with van der Waals surface area (Å²) in [4.78, 5) is 31.7. The molecule has 0 aliphatic carbocycles. The first-order valence-corrected chi connectivity index (χ1v) is 10.5. The maximum absolute atomic E-state index is 13.3. The molecule has 2 aromatic carbocycles. The minimum atomic E-state index is -4.53. The fourth-order valence-electron chi connectivity index (χ4n) is 3.78. The van der Waals surface area contributed by atoms with Gasteiger partial charge in [-0.1, -0.05) is 0 Å². The van der Waals surface area contributed by atoms with Crippen LogP contribution in [-0.4, -0.2) is 67.9 Å². The van der Waals surface area contributed by atoms with E-state index in [-0.39, 0.29) is 23.8 Å². The van der Waals surface area contributed by atoms with Crippen molar-refractivity contribution >= 4 is 23.4 Å². The number of ether oxygens (including phenoxy) is 3. The van der Waals surface area contributed by atoms with Crippen LogP contribution < -0.4 is 9.47 Å². The van der Waals surface area contributed by atoms with Gasteiger partial charge < -0.3 is 24.0 Å². The third-order valence-corrected chi connectivity index (χ3v) is 5.62. The highest BCUT2D eigenvalue weighted by atomic mass is 19.4. The lowest BCUT2D eigenvalue weighted by Crippen LogP contribution is -2.51. The molecule has 0 atom stereocenters. The summed E-state index contributed by atoms with van der Waals surface area (Å²) in [6.07, 6.45) is -4.88. The maximum atomic E-state index is 13.3. The second-order valence-electron chi connectivity index (χ2n) is 7.70. The zero-order chi connectivity index (χ0) is 24.5. The number of rotatable bonds is 3. The lowest BCUT2D eigenvalue weighted by molar-refractivity contribution is -0.147. The SMILES string of the molecule is COC(=O)CC(=O)N1CCN(C2=Nc3cc(C(F)(F)F)ccc3Oc3ccc(OC)cc32)CC1. The molecule has 0 unspecified atom stereocenters. The van der Waals surface area contributed by atoms with Crippen LogP contribution in [0.5, 0.6) is 17.2 Å². The monoisotopic (exact) mass is 477 g/mol. The summed E-state index contributed by atoms with van der Waals surface area (Å²) < 4.78 is 55.8. The summed E-state index contributed by atoms with van der Waals surface area (Å²) in [5, 5.41) is 0. The maximum Gasteiger partial charge on any atom is 0.416 e. The molecular weight excluding hydrogens is 455 g/mol. The number of alkyl halides is 3. The number of methoxy groups -OCH3 is 2. The summed E-state index contributed by atoms with van der Waals surface area (Å²) in [6.45, 7) is 1.34. The number of amidine groups is 1. The fourth-order valence-corrected chi connectivity index (χ4v) is 3.78. The molecule has 2 aliphatic heterocycles. The quantitative estimate of drug-likeness (QED) is 0.497. The van der Waals surface area contributed by atoms with E-state index in [0.717, 1.165) is 12.1 Å². The number of aliphatic imine (C=N–C) groups is 1. The Morgan fingerprint density at radius 2 is 1.74 bits per heavy atom. The van der Waals surface area contributed by atoms with Crippen LogP contribution in [0.1, 0.15) is 17.5 Å². The number of halogens is 3. The highest BCUT2D eigenvalue weighted by Crippen LogP contribution is 2.42. The van der Waals surface area contributed by atoms with Crippen LogP contribution in [0.2, 0.25) is 0 Å². The molecule has 0 saturated carbocycles. The van der Waals surface area contributed by atoms with Gasteiger partial charge in [0.1, 0.15) is 29.4 Å².